The van der Waals surface area contributed by atoms with Crippen molar-refractivity contribution in [2.24, 2.45) is 4.99 Å². The lowest BCUT2D eigenvalue weighted by molar-refractivity contribution is 0.0992. The molecule has 1 aromatic carbocycles. The van der Waals surface area contributed by atoms with Crippen LogP contribution in [0.15, 0.2) is 33.7 Å². The molecule has 2 N–H and O–H groups in total. The molecule has 3 atom stereocenters. The first-order valence-corrected chi connectivity index (χ1v) is 9.86. The summed E-state index contributed by atoms with van der Waals surface area (Å²) in [4.78, 5) is 4.44. The van der Waals surface area contributed by atoms with E-state index in [4.69, 9.17) is 4.74 Å². The topological polar surface area (TPSA) is 45.7 Å². The number of rotatable bonds is 4. The van der Waals surface area contributed by atoms with Crippen molar-refractivity contribution in [3.63, 3.8) is 0 Å². The smallest absolute Gasteiger partial charge is 0.191 e. The summed E-state index contributed by atoms with van der Waals surface area (Å²) >= 11 is 3.61. The van der Waals surface area contributed by atoms with E-state index in [1.165, 1.54) is 37.7 Å². The molecule has 4 rings (SSSR count). The number of hydrogen-bond donors (Lipinski definition) is 2. The van der Waals surface area contributed by atoms with Gasteiger partial charge < -0.3 is 15.4 Å². The highest BCUT2D eigenvalue weighted by molar-refractivity contribution is 14.0. The summed E-state index contributed by atoms with van der Waals surface area (Å²) in [7, 11) is 1.86. The van der Waals surface area contributed by atoms with Crippen LogP contribution < -0.4 is 10.6 Å². The molecule has 3 aliphatic rings. The van der Waals surface area contributed by atoms with Gasteiger partial charge in [-0.25, -0.2) is 0 Å². The molecule has 2 bridgehead atoms. The lowest BCUT2D eigenvalue weighted by Gasteiger charge is -2.43. The third kappa shape index (κ3) is 4.00. The number of ether oxygens (including phenoxy) is 1. The lowest BCUT2D eigenvalue weighted by Crippen LogP contribution is -2.52. The Bertz CT molecular complexity index is 635. The van der Waals surface area contributed by atoms with Gasteiger partial charge in [0.1, 0.15) is 0 Å². The standard InChI is InChI=1S/C19H26BrN3O.HI/c1-21-18(23-16-11-15-6-7-17(16)24-15)22-12-19(8-3-9-19)13-4-2-5-14(20)10-13;/h2,4-5,10,15-17H,3,6-9,11-12H2,1H3,(H2,21,22,23);1H. The molecule has 1 aliphatic carbocycles. The van der Waals surface area contributed by atoms with Crippen molar-refractivity contribution >= 4 is 45.9 Å². The van der Waals surface area contributed by atoms with Crippen molar-refractivity contribution in [1.29, 1.82) is 0 Å². The summed E-state index contributed by atoms with van der Waals surface area (Å²) in [6.07, 6.45) is 8.14. The number of aliphatic imine (C=N–C) groups is 1. The fraction of sp³-hybridized carbons (Fsp3) is 0.632. The SMILES string of the molecule is CN=C(NCC1(c2cccc(Br)c2)CCC1)NC1CC2CCC1O2.I. The van der Waals surface area contributed by atoms with Gasteiger partial charge in [0.05, 0.1) is 18.2 Å². The van der Waals surface area contributed by atoms with Gasteiger partial charge in [0.15, 0.2) is 5.96 Å². The maximum absolute atomic E-state index is 5.94. The van der Waals surface area contributed by atoms with E-state index in [9.17, 15) is 0 Å². The molecule has 0 amide bonds. The molecule has 2 heterocycles. The van der Waals surface area contributed by atoms with Crippen LogP contribution in [0.1, 0.15) is 44.1 Å². The Kier molecular flexibility index (Phi) is 6.31. The Morgan fingerprint density at radius 3 is 2.76 bits per heavy atom. The van der Waals surface area contributed by atoms with E-state index >= 15 is 0 Å². The fourth-order valence-electron chi connectivity index (χ4n) is 4.40. The van der Waals surface area contributed by atoms with Crippen LogP contribution in [0.3, 0.4) is 0 Å². The minimum absolute atomic E-state index is 0. The van der Waals surface area contributed by atoms with Crippen molar-refractivity contribution in [1.82, 2.24) is 10.6 Å². The molecule has 3 unspecified atom stereocenters. The highest BCUT2D eigenvalue weighted by Gasteiger charge is 2.42. The molecular weight excluding hydrogens is 493 g/mol. The zero-order valence-corrected chi connectivity index (χ0v) is 18.5. The monoisotopic (exact) mass is 519 g/mol. The molecule has 138 valence electrons. The minimum Gasteiger partial charge on any atom is -0.373 e. The normalized spacial score (nSPS) is 29.7. The van der Waals surface area contributed by atoms with Gasteiger partial charge in [-0.3, -0.25) is 4.99 Å². The molecular formula is C19H27BrIN3O. The Hall–Kier alpha value is -0.340. The summed E-state index contributed by atoms with van der Waals surface area (Å²) in [5.74, 6) is 0.914. The second kappa shape index (κ2) is 8.13. The molecule has 0 spiro atoms. The van der Waals surface area contributed by atoms with E-state index in [0.29, 0.717) is 18.2 Å². The molecule has 3 fully saturated rings. The highest BCUT2D eigenvalue weighted by atomic mass is 127. The van der Waals surface area contributed by atoms with Crippen LogP contribution in [0, 0.1) is 0 Å². The van der Waals surface area contributed by atoms with E-state index in [-0.39, 0.29) is 29.4 Å². The van der Waals surface area contributed by atoms with Gasteiger partial charge in [0.25, 0.3) is 0 Å². The summed E-state index contributed by atoms with van der Waals surface area (Å²) in [6.45, 7) is 0.935. The highest BCUT2D eigenvalue weighted by Crippen LogP contribution is 2.43. The van der Waals surface area contributed by atoms with Crippen molar-refractivity contribution < 1.29 is 4.74 Å². The average Bonchev–Trinajstić information content (AvgIpc) is 3.15. The van der Waals surface area contributed by atoms with Crippen LogP contribution in [0.5, 0.6) is 0 Å². The molecule has 6 heteroatoms. The number of nitrogens with one attached hydrogen (secondary N) is 2. The van der Waals surface area contributed by atoms with Crippen LogP contribution in [0.2, 0.25) is 0 Å². The zero-order chi connectivity index (χ0) is 16.6. The lowest BCUT2D eigenvalue weighted by atomic mass is 9.64. The van der Waals surface area contributed by atoms with Gasteiger partial charge in [-0.15, -0.1) is 24.0 Å². The molecule has 4 nitrogen and oxygen atoms in total. The summed E-state index contributed by atoms with van der Waals surface area (Å²) in [6, 6.07) is 9.17. The van der Waals surface area contributed by atoms with Crippen LogP contribution >= 0.6 is 39.9 Å². The third-order valence-corrected chi connectivity index (χ3v) is 6.49. The minimum atomic E-state index is 0. The fourth-order valence-corrected chi connectivity index (χ4v) is 4.80. The average molecular weight is 520 g/mol. The number of hydrogen-bond acceptors (Lipinski definition) is 2. The third-order valence-electron chi connectivity index (χ3n) is 5.99. The first-order chi connectivity index (χ1) is 11.7. The molecule has 2 saturated heterocycles. The number of guanidine groups is 1. The predicted molar refractivity (Wildman–Crippen MR) is 116 cm³/mol. The van der Waals surface area contributed by atoms with Crippen LogP contribution in [-0.2, 0) is 10.2 Å². The van der Waals surface area contributed by atoms with Gasteiger partial charge in [0, 0.05) is 23.5 Å². The van der Waals surface area contributed by atoms with E-state index < -0.39 is 0 Å². The maximum atomic E-state index is 5.94. The van der Waals surface area contributed by atoms with Crippen LogP contribution in [0.4, 0.5) is 0 Å². The van der Waals surface area contributed by atoms with Gasteiger partial charge in [-0.05, 0) is 49.8 Å². The predicted octanol–water partition coefficient (Wildman–Crippen LogP) is 3.97. The number of benzene rings is 1. The summed E-state index contributed by atoms with van der Waals surface area (Å²) < 4.78 is 7.10. The first kappa shape index (κ1) is 19.4. The summed E-state index contributed by atoms with van der Waals surface area (Å²) in [5.41, 5.74) is 1.67. The van der Waals surface area contributed by atoms with Gasteiger partial charge in [-0.2, -0.15) is 0 Å². The molecule has 0 aromatic heterocycles. The van der Waals surface area contributed by atoms with E-state index in [2.05, 4.69) is 55.8 Å². The molecule has 1 saturated carbocycles. The maximum Gasteiger partial charge on any atom is 0.191 e. The largest absolute Gasteiger partial charge is 0.373 e. The molecule has 1 aromatic rings. The van der Waals surface area contributed by atoms with Crippen molar-refractivity contribution in [2.45, 2.75) is 62.2 Å². The zero-order valence-electron chi connectivity index (χ0n) is 14.6. The van der Waals surface area contributed by atoms with E-state index in [0.717, 1.165) is 23.4 Å². The number of nitrogens with zero attached hydrogens (tertiary/aromatic N) is 1. The quantitative estimate of drug-likeness (QED) is 0.359. The van der Waals surface area contributed by atoms with Gasteiger partial charge in [0.2, 0.25) is 0 Å². The first-order valence-electron chi connectivity index (χ1n) is 9.07. The molecule has 25 heavy (non-hydrogen) atoms. The van der Waals surface area contributed by atoms with Gasteiger partial charge >= 0.3 is 0 Å². The van der Waals surface area contributed by atoms with Crippen molar-refractivity contribution in [3.8, 4) is 0 Å². The van der Waals surface area contributed by atoms with E-state index in [1.807, 2.05) is 7.05 Å². The van der Waals surface area contributed by atoms with Gasteiger partial charge in [-0.1, -0.05) is 34.5 Å². The Morgan fingerprint density at radius 2 is 2.20 bits per heavy atom. The second-order valence-corrected chi connectivity index (χ2v) is 8.35. The Balaban J connectivity index is 0.00000182. The Labute approximate surface area is 175 Å². The Morgan fingerprint density at radius 1 is 1.36 bits per heavy atom. The summed E-state index contributed by atoms with van der Waals surface area (Å²) in [5, 5.41) is 7.17. The molecule has 0 radical (unpaired) electrons. The second-order valence-electron chi connectivity index (χ2n) is 7.43. The number of halogens is 2. The van der Waals surface area contributed by atoms with Crippen LogP contribution in [-0.4, -0.2) is 37.8 Å². The van der Waals surface area contributed by atoms with Crippen molar-refractivity contribution in [2.75, 3.05) is 13.6 Å². The van der Waals surface area contributed by atoms with Crippen molar-refractivity contribution in [3.05, 3.63) is 34.3 Å². The van der Waals surface area contributed by atoms with E-state index in [1.54, 1.807) is 0 Å². The number of fused-ring (bicyclic) bond motifs is 2. The molecule has 2 aliphatic heterocycles. The van der Waals surface area contributed by atoms with Crippen LogP contribution in [0.25, 0.3) is 0 Å².